The van der Waals surface area contributed by atoms with Gasteiger partial charge in [0.2, 0.25) is 0 Å². The van der Waals surface area contributed by atoms with Crippen molar-refractivity contribution in [2.75, 3.05) is 36.9 Å². The molecular weight excluding hydrogens is 264 g/mol. The standard InChI is InChI=1S/C16H28N4O/c1-3-8-17-14-12-15(18-9-5-11-21-10-4-2)20-16(19-14)13-6-7-13/h12-13H,3-11H2,1-2H3,(H2,17,18,19,20). The Kier molecular flexibility index (Phi) is 6.73. The summed E-state index contributed by atoms with van der Waals surface area (Å²) in [5, 5.41) is 6.75. The molecule has 5 nitrogen and oxygen atoms in total. The van der Waals surface area contributed by atoms with Crippen LogP contribution in [0.2, 0.25) is 0 Å². The van der Waals surface area contributed by atoms with Gasteiger partial charge in [-0.3, -0.25) is 0 Å². The third-order valence-electron chi connectivity index (χ3n) is 3.36. The molecule has 0 radical (unpaired) electrons. The molecule has 0 aliphatic heterocycles. The van der Waals surface area contributed by atoms with E-state index in [9.17, 15) is 0 Å². The summed E-state index contributed by atoms with van der Waals surface area (Å²) < 4.78 is 5.48. The van der Waals surface area contributed by atoms with Crippen LogP contribution in [0.3, 0.4) is 0 Å². The quantitative estimate of drug-likeness (QED) is 0.612. The highest BCUT2D eigenvalue weighted by Gasteiger charge is 2.27. The number of nitrogens with zero attached hydrogens (tertiary/aromatic N) is 2. The van der Waals surface area contributed by atoms with E-state index in [2.05, 4.69) is 34.4 Å². The van der Waals surface area contributed by atoms with E-state index in [4.69, 9.17) is 4.74 Å². The van der Waals surface area contributed by atoms with Crippen molar-refractivity contribution in [3.8, 4) is 0 Å². The zero-order valence-corrected chi connectivity index (χ0v) is 13.3. The van der Waals surface area contributed by atoms with Crippen LogP contribution in [0.4, 0.5) is 11.6 Å². The molecular formula is C16H28N4O. The summed E-state index contributed by atoms with van der Waals surface area (Å²) in [6.07, 6.45) is 5.63. The van der Waals surface area contributed by atoms with E-state index < -0.39 is 0 Å². The minimum atomic E-state index is 0.571. The van der Waals surface area contributed by atoms with E-state index in [0.29, 0.717) is 5.92 Å². The molecule has 0 atom stereocenters. The van der Waals surface area contributed by atoms with Gasteiger partial charge in [-0.1, -0.05) is 13.8 Å². The van der Waals surface area contributed by atoms with Crippen LogP contribution in [0.15, 0.2) is 6.07 Å². The van der Waals surface area contributed by atoms with Crippen LogP contribution in [0.25, 0.3) is 0 Å². The summed E-state index contributed by atoms with van der Waals surface area (Å²) in [5.41, 5.74) is 0. The number of hydrogen-bond donors (Lipinski definition) is 2. The molecule has 21 heavy (non-hydrogen) atoms. The molecule has 1 heterocycles. The molecule has 0 unspecified atom stereocenters. The maximum Gasteiger partial charge on any atom is 0.136 e. The summed E-state index contributed by atoms with van der Waals surface area (Å²) in [6, 6.07) is 2.01. The van der Waals surface area contributed by atoms with E-state index in [1.54, 1.807) is 0 Å². The fourth-order valence-corrected chi connectivity index (χ4v) is 2.06. The molecule has 5 heteroatoms. The maximum atomic E-state index is 5.48. The molecule has 1 fully saturated rings. The predicted molar refractivity (Wildman–Crippen MR) is 87.0 cm³/mol. The van der Waals surface area contributed by atoms with Gasteiger partial charge in [-0.2, -0.15) is 0 Å². The second kappa shape index (κ2) is 8.82. The molecule has 1 aliphatic carbocycles. The van der Waals surface area contributed by atoms with Crippen LogP contribution in [-0.4, -0.2) is 36.3 Å². The van der Waals surface area contributed by atoms with Gasteiger partial charge in [0.15, 0.2) is 0 Å². The zero-order chi connectivity index (χ0) is 14.9. The SMILES string of the molecule is CCCNc1cc(NCCCOCCC)nc(C2CC2)n1. The van der Waals surface area contributed by atoms with E-state index in [1.165, 1.54) is 12.8 Å². The average molecular weight is 292 g/mol. The number of rotatable bonds is 11. The van der Waals surface area contributed by atoms with Crippen LogP contribution < -0.4 is 10.6 Å². The first-order valence-corrected chi connectivity index (χ1v) is 8.28. The van der Waals surface area contributed by atoms with Gasteiger partial charge in [0.05, 0.1) is 0 Å². The highest BCUT2D eigenvalue weighted by molar-refractivity contribution is 5.48. The lowest BCUT2D eigenvalue weighted by molar-refractivity contribution is 0.134. The largest absolute Gasteiger partial charge is 0.381 e. The fourth-order valence-electron chi connectivity index (χ4n) is 2.06. The summed E-state index contributed by atoms with van der Waals surface area (Å²) >= 11 is 0. The molecule has 1 saturated carbocycles. The number of hydrogen-bond acceptors (Lipinski definition) is 5. The second-order valence-corrected chi connectivity index (χ2v) is 5.59. The van der Waals surface area contributed by atoms with Gasteiger partial charge in [-0.05, 0) is 32.1 Å². The molecule has 1 aliphatic rings. The van der Waals surface area contributed by atoms with Gasteiger partial charge in [-0.25, -0.2) is 9.97 Å². The first-order valence-electron chi connectivity index (χ1n) is 8.28. The smallest absolute Gasteiger partial charge is 0.136 e. The van der Waals surface area contributed by atoms with Gasteiger partial charge >= 0.3 is 0 Å². The van der Waals surface area contributed by atoms with Gasteiger partial charge in [0, 0.05) is 38.3 Å². The summed E-state index contributed by atoms with van der Waals surface area (Å²) in [7, 11) is 0. The average Bonchev–Trinajstić information content (AvgIpc) is 3.33. The molecule has 1 aromatic heterocycles. The normalized spacial score (nSPS) is 14.2. The van der Waals surface area contributed by atoms with E-state index in [0.717, 1.165) is 63.0 Å². The molecule has 2 N–H and O–H groups in total. The molecule has 0 saturated heterocycles. The molecule has 0 spiro atoms. The van der Waals surface area contributed by atoms with E-state index >= 15 is 0 Å². The highest BCUT2D eigenvalue weighted by Crippen LogP contribution is 2.38. The van der Waals surface area contributed by atoms with Crippen LogP contribution in [0.1, 0.15) is 57.7 Å². The van der Waals surface area contributed by atoms with Gasteiger partial charge < -0.3 is 15.4 Å². The number of aromatic nitrogens is 2. The van der Waals surface area contributed by atoms with Crippen molar-refractivity contribution in [3.05, 3.63) is 11.9 Å². The van der Waals surface area contributed by atoms with Crippen molar-refractivity contribution in [2.45, 2.75) is 51.9 Å². The Balaban J connectivity index is 1.83. The number of ether oxygens (including phenoxy) is 1. The molecule has 2 rings (SSSR count). The van der Waals surface area contributed by atoms with Crippen LogP contribution in [-0.2, 0) is 4.74 Å². The lowest BCUT2D eigenvalue weighted by Crippen LogP contribution is -2.10. The predicted octanol–water partition coefficient (Wildman–Crippen LogP) is 3.40. The Morgan fingerprint density at radius 1 is 1.05 bits per heavy atom. The number of nitrogens with one attached hydrogen (secondary N) is 2. The summed E-state index contributed by atoms with van der Waals surface area (Å²) in [6.45, 7) is 7.78. The van der Waals surface area contributed by atoms with Crippen molar-refractivity contribution in [2.24, 2.45) is 0 Å². The second-order valence-electron chi connectivity index (χ2n) is 5.59. The molecule has 0 aromatic carbocycles. The van der Waals surface area contributed by atoms with Crippen LogP contribution >= 0.6 is 0 Å². The molecule has 0 bridgehead atoms. The Morgan fingerprint density at radius 3 is 2.38 bits per heavy atom. The Labute approximate surface area is 127 Å². The third kappa shape index (κ3) is 5.87. The fraction of sp³-hybridized carbons (Fsp3) is 0.750. The van der Waals surface area contributed by atoms with Crippen molar-refractivity contribution in [1.82, 2.24) is 9.97 Å². The van der Waals surface area contributed by atoms with Gasteiger partial charge in [0.25, 0.3) is 0 Å². The monoisotopic (exact) mass is 292 g/mol. The molecule has 1 aromatic rings. The zero-order valence-electron chi connectivity index (χ0n) is 13.3. The first-order chi connectivity index (χ1) is 10.3. The van der Waals surface area contributed by atoms with Crippen molar-refractivity contribution >= 4 is 11.6 Å². The molecule has 118 valence electrons. The van der Waals surface area contributed by atoms with E-state index in [1.807, 2.05) is 6.07 Å². The lowest BCUT2D eigenvalue weighted by atomic mass is 10.3. The molecule has 0 amide bonds. The highest BCUT2D eigenvalue weighted by atomic mass is 16.5. The summed E-state index contributed by atoms with van der Waals surface area (Å²) in [4.78, 5) is 9.25. The Morgan fingerprint density at radius 2 is 1.76 bits per heavy atom. The maximum absolute atomic E-state index is 5.48. The van der Waals surface area contributed by atoms with Gasteiger partial charge in [0.1, 0.15) is 17.5 Å². The topological polar surface area (TPSA) is 59.1 Å². The minimum Gasteiger partial charge on any atom is -0.381 e. The summed E-state index contributed by atoms with van der Waals surface area (Å²) in [5.74, 6) is 3.43. The Hall–Kier alpha value is -1.36. The van der Waals surface area contributed by atoms with Crippen molar-refractivity contribution < 1.29 is 4.74 Å². The first kappa shape index (κ1) is 16.0. The van der Waals surface area contributed by atoms with E-state index in [-0.39, 0.29) is 0 Å². The van der Waals surface area contributed by atoms with Crippen molar-refractivity contribution in [1.29, 1.82) is 0 Å². The number of anilines is 2. The Bertz CT molecular complexity index is 421. The lowest BCUT2D eigenvalue weighted by Gasteiger charge is -2.11. The van der Waals surface area contributed by atoms with Crippen molar-refractivity contribution in [3.63, 3.8) is 0 Å². The van der Waals surface area contributed by atoms with Crippen LogP contribution in [0.5, 0.6) is 0 Å². The minimum absolute atomic E-state index is 0.571. The van der Waals surface area contributed by atoms with Crippen LogP contribution in [0, 0.1) is 0 Å². The van der Waals surface area contributed by atoms with Gasteiger partial charge in [-0.15, -0.1) is 0 Å². The third-order valence-corrected chi connectivity index (χ3v) is 3.36.